The minimum atomic E-state index is -0.137. The van der Waals surface area contributed by atoms with Gasteiger partial charge in [0.2, 0.25) is 5.65 Å². The van der Waals surface area contributed by atoms with Crippen LogP contribution < -0.4 is 5.32 Å². The van der Waals surface area contributed by atoms with Crippen molar-refractivity contribution in [3.8, 4) is 0 Å². The second kappa shape index (κ2) is 4.53. The molecule has 0 bridgehead atoms. The van der Waals surface area contributed by atoms with Crippen LogP contribution in [-0.2, 0) is 0 Å². The first-order chi connectivity index (χ1) is 8.74. The predicted molar refractivity (Wildman–Crippen MR) is 67.4 cm³/mol. The third kappa shape index (κ3) is 2.03. The first-order valence-corrected chi connectivity index (χ1v) is 6.35. The third-order valence-corrected chi connectivity index (χ3v) is 3.53. The highest BCUT2D eigenvalue weighted by molar-refractivity contribution is 5.62. The van der Waals surface area contributed by atoms with Crippen molar-refractivity contribution in [3.63, 3.8) is 0 Å². The van der Waals surface area contributed by atoms with Gasteiger partial charge in [-0.2, -0.15) is 0 Å². The zero-order valence-corrected chi connectivity index (χ0v) is 10.4. The Kier molecular flexibility index (Phi) is 2.87. The van der Waals surface area contributed by atoms with E-state index in [0.717, 1.165) is 43.0 Å². The largest absolute Gasteiger partial charge is 0.393 e. The lowest BCUT2D eigenvalue weighted by molar-refractivity contribution is 0.126. The van der Waals surface area contributed by atoms with Gasteiger partial charge in [0.15, 0.2) is 5.82 Å². The van der Waals surface area contributed by atoms with E-state index >= 15 is 0 Å². The maximum Gasteiger partial charge on any atom is 0.203 e. The quantitative estimate of drug-likeness (QED) is 0.832. The molecule has 0 aliphatic heterocycles. The van der Waals surface area contributed by atoms with E-state index in [1.54, 1.807) is 6.20 Å². The van der Waals surface area contributed by atoms with Crippen LogP contribution in [0.25, 0.3) is 5.65 Å². The number of aliphatic hydroxyl groups excluding tert-OH is 1. The van der Waals surface area contributed by atoms with Crippen LogP contribution in [0.3, 0.4) is 0 Å². The highest BCUT2D eigenvalue weighted by Gasteiger charge is 2.20. The van der Waals surface area contributed by atoms with Crippen molar-refractivity contribution >= 4 is 11.5 Å². The third-order valence-electron chi connectivity index (χ3n) is 3.53. The lowest BCUT2D eigenvalue weighted by Gasteiger charge is -2.26. The van der Waals surface area contributed by atoms with Gasteiger partial charge >= 0.3 is 0 Å². The van der Waals surface area contributed by atoms with E-state index in [9.17, 15) is 5.11 Å². The smallest absolute Gasteiger partial charge is 0.203 e. The van der Waals surface area contributed by atoms with E-state index in [1.165, 1.54) is 0 Å². The molecular weight excluding hydrogens is 230 g/mol. The van der Waals surface area contributed by atoms with E-state index in [1.807, 2.05) is 17.5 Å². The number of fused-ring (bicyclic) bond motifs is 1. The zero-order valence-electron chi connectivity index (χ0n) is 10.4. The summed E-state index contributed by atoms with van der Waals surface area (Å²) < 4.78 is 1.92. The topological polar surface area (TPSA) is 75.3 Å². The molecule has 1 saturated carbocycles. The number of anilines is 1. The van der Waals surface area contributed by atoms with Crippen LogP contribution in [0, 0.1) is 6.92 Å². The molecule has 0 unspecified atom stereocenters. The molecule has 0 saturated heterocycles. The lowest BCUT2D eigenvalue weighted by Crippen LogP contribution is -2.28. The fourth-order valence-electron chi connectivity index (χ4n) is 2.46. The van der Waals surface area contributed by atoms with Gasteiger partial charge in [0, 0.05) is 18.4 Å². The maximum atomic E-state index is 9.50. The number of hydrogen-bond donors (Lipinski definition) is 2. The summed E-state index contributed by atoms with van der Waals surface area (Å²) in [6.45, 7) is 1.92. The summed E-state index contributed by atoms with van der Waals surface area (Å²) in [6, 6.07) is 0.365. The molecule has 3 rings (SSSR count). The van der Waals surface area contributed by atoms with E-state index in [2.05, 4.69) is 20.5 Å². The van der Waals surface area contributed by atoms with Gasteiger partial charge in [-0.05, 0) is 32.6 Å². The number of aryl methyl sites for hydroxylation is 1. The molecule has 6 nitrogen and oxygen atoms in total. The maximum absolute atomic E-state index is 9.50. The number of rotatable bonds is 2. The first-order valence-electron chi connectivity index (χ1n) is 6.35. The molecule has 1 aliphatic carbocycles. The summed E-state index contributed by atoms with van der Waals surface area (Å²) in [5.74, 6) is 1.63. The van der Waals surface area contributed by atoms with Crippen molar-refractivity contribution in [2.45, 2.75) is 44.8 Å². The SMILES string of the molecule is Cc1nnc2c(NC3CCC(O)CC3)nccn12. The monoisotopic (exact) mass is 247 g/mol. The molecule has 96 valence electrons. The Hall–Kier alpha value is -1.69. The van der Waals surface area contributed by atoms with Gasteiger partial charge in [-0.15, -0.1) is 10.2 Å². The van der Waals surface area contributed by atoms with Crippen LogP contribution in [0.2, 0.25) is 0 Å². The first kappa shape index (κ1) is 11.4. The van der Waals surface area contributed by atoms with Gasteiger partial charge < -0.3 is 10.4 Å². The molecule has 0 spiro atoms. The Morgan fingerprint density at radius 1 is 1.28 bits per heavy atom. The Labute approximate surface area is 105 Å². The normalized spacial score (nSPS) is 24.3. The van der Waals surface area contributed by atoms with E-state index in [0.29, 0.717) is 6.04 Å². The second-order valence-electron chi connectivity index (χ2n) is 4.87. The predicted octanol–water partition coefficient (Wildman–Crippen LogP) is 1.15. The fourth-order valence-corrected chi connectivity index (χ4v) is 2.46. The van der Waals surface area contributed by atoms with Crippen LogP contribution in [-0.4, -0.2) is 36.8 Å². The summed E-state index contributed by atoms with van der Waals surface area (Å²) in [6.07, 6.45) is 7.12. The summed E-state index contributed by atoms with van der Waals surface area (Å²) in [4.78, 5) is 4.34. The van der Waals surface area contributed by atoms with Crippen LogP contribution in [0.1, 0.15) is 31.5 Å². The zero-order chi connectivity index (χ0) is 12.5. The Balaban J connectivity index is 1.82. The minimum absolute atomic E-state index is 0.137. The molecular formula is C12H17N5O. The molecule has 1 fully saturated rings. The summed E-state index contributed by atoms with van der Waals surface area (Å²) in [5.41, 5.74) is 0.765. The standard InChI is InChI=1S/C12H17N5O/c1-8-15-16-12-11(13-6-7-17(8)12)14-9-2-4-10(18)5-3-9/h6-7,9-10,18H,2-5H2,1H3,(H,13,14). The van der Waals surface area contributed by atoms with E-state index in [4.69, 9.17) is 0 Å². The number of aliphatic hydroxyl groups is 1. The van der Waals surface area contributed by atoms with E-state index < -0.39 is 0 Å². The molecule has 6 heteroatoms. The highest BCUT2D eigenvalue weighted by Crippen LogP contribution is 2.22. The van der Waals surface area contributed by atoms with Gasteiger partial charge in [-0.1, -0.05) is 0 Å². The van der Waals surface area contributed by atoms with Gasteiger partial charge in [0.25, 0.3) is 0 Å². The van der Waals surface area contributed by atoms with Crippen molar-refractivity contribution in [1.29, 1.82) is 0 Å². The highest BCUT2D eigenvalue weighted by atomic mass is 16.3. The van der Waals surface area contributed by atoms with Gasteiger partial charge in [-0.3, -0.25) is 4.40 Å². The lowest BCUT2D eigenvalue weighted by atomic mass is 9.93. The molecule has 2 aromatic rings. The molecule has 18 heavy (non-hydrogen) atoms. The van der Waals surface area contributed by atoms with Crippen molar-refractivity contribution in [1.82, 2.24) is 19.6 Å². The van der Waals surface area contributed by atoms with Crippen molar-refractivity contribution in [3.05, 3.63) is 18.2 Å². The molecule has 0 amide bonds. The van der Waals surface area contributed by atoms with Crippen LogP contribution in [0.4, 0.5) is 5.82 Å². The average molecular weight is 247 g/mol. The van der Waals surface area contributed by atoms with Gasteiger partial charge in [-0.25, -0.2) is 4.98 Å². The number of aromatic nitrogens is 4. The Morgan fingerprint density at radius 2 is 2.06 bits per heavy atom. The molecule has 0 atom stereocenters. The van der Waals surface area contributed by atoms with Crippen LogP contribution >= 0.6 is 0 Å². The Bertz CT molecular complexity index is 544. The number of hydrogen-bond acceptors (Lipinski definition) is 5. The van der Waals surface area contributed by atoms with Crippen molar-refractivity contribution < 1.29 is 5.11 Å². The molecule has 2 heterocycles. The fraction of sp³-hybridized carbons (Fsp3) is 0.583. The van der Waals surface area contributed by atoms with Gasteiger partial charge in [0.05, 0.1) is 6.10 Å². The van der Waals surface area contributed by atoms with Crippen molar-refractivity contribution in [2.24, 2.45) is 0 Å². The van der Waals surface area contributed by atoms with Crippen LogP contribution in [0.15, 0.2) is 12.4 Å². The van der Waals surface area contributed by atoms with Crippen molar-refractivity contribution in [2.75, 3.05) is 5.32 Å². The second-order valence-corrected chi connectivity index (χ2v) is 4.87. The molecule has 2 aromatic heterocycles. The summed E-state index contributed by atoms with van der Waals surface area (Å²) >= 11 is 0. The number of nitrogens with one attached hydrogen (secondary N) is 1. The summed E-state index contributed by atoms with van der Waals surface area (Å²) in [5, 5.41) is 21.1. The Morgan fingerprint density at radius 3 is 2.83 bits per heavy atom. The van der Waals surface area contributed by atoms with Gasteiger partial charge in [0.1, 0.15) is 5.82 Å². The average Bonchev–Trinajstić information content (AvgIpc) is 2.76. The summed E-state index contributed by atoms with van der Waals surface area (Å²) in [7, 11) is 0. The number of nitrogens with zero attached hydrogens (tertiary/aromatic N) is 4. The molecule has 0 aromatic carbocycles. The van der Waals surface area contributed by atoms with Crippen LogP contribution in [0.5, 0.6) is 0 Å². The molecule has 0 radical (unpaired) electrons. The minimum Gasteiger partial charge on any atom is -0.393 e. The molecule has 2 N–H and O–H groups in total. The van der Waals surface area contributed by atoms with E-state index in [-0.39, 0.29) is 6.10 Å². The molecule has 1 aliphatic rings.